The first-order valence-corrected chi connectivity index (χ1v) is 8.18. The van der Waals surface area contributed by atoms with E-state index in [9.17, 15) is 0 Å². The highest BCUT2D eigenvalue weighted by Crippen LogP contribution is 2.25. The minimum atomic E-state index is 0.741. The van der Waals surface area contributed by atoms with Gasteiger partial charge in [-0.15, -0.1) is 0 Å². The molecule has 5 nitrogen and oxygen atoms in total. The molecule has 2 heterocycles. The van der Waals surface area contributed by atoms with Crippen LogP contribution < -0.4 is 10.6 Å². The largest absolute Gasteiger partial charge is 0.372 e. The number of piperidine rings is 1. The molecule has 112 valence electrons. The smallest absolute Gasteiger partial charge is 0.145 e. The molecule has 1 fully saturated rings. The number of rotatable bonds is 6. The van der Waals surface area contributed by atoms with Crippen LogP contribution in [0.3, 0.4) is 0 Å². The molecule has 6 heteroatoms. The number of likely N-dealkylation sites (tertiary alicyclic amines) is 1. The van der Waals surface area contributed by atoms with Gasteiger partial charge >= 0.3 is 0 Å². The molecule has 0 spiro atoms. The minimum absolute atomic E-state index is 0.741. The fraction of sp³-hybridized carbons (Fsp3) is 0.714. The van der Waals surface area contributed by atoms with Gasteiger partial charge in [-0.1, -0.05) is 6.42 Å². The van der Waals surface area contributed by atoms with Crippen molar-refractivity contribution in [2.45, 2.75) is 38.6 Å². The van der Waals surface area contributed by atoms with E-state index in [1.54, 1.807) is 6.33 Å². The Balaban J connectivity index is 1.76. The quantitative estimate of drug-likeness (QED) is 0.779. The molecule has 1 aliphatic rings. The summed E-state index contributed by atoms with van der Waals surface area (Å²) in [4.78, 5) is 11.0. The van der Waals surface area contributed by atoms with Crippen LogP contribution in [-0.2, 0) is 0 Å². The zero-order valence-corrected chi connectivity index (χ0v) is 13.9. The van der Waals surface area contributed by atoms with Crippen molar-refractivity contribution in [2.24, 2.45) is 0 Å². The van der Waals surface area contributed by atoms with Gasteiger partial charge in [0.25, 0.3) is 0 Å². The van der Waals surface area contributed by atoms with Gasteiger partial charge in [0.15, 0.2) is 0 Å². The lowest BCUT2D eigenvalue weighted by molar-refractivity contribution is 0.160. The van der Waals surface area contributed by atoms with E-state index in [1.807, 2.05) is 7.05 Å². The molecular weight excluding hydrogens is 318 g/mol. The number of hydrogen-bond donors (Lipinski definition) is 2. The summed E-state index contributed by atoms with van der Waals surface area (Å²) in [6.07, 6.45) is 6.79. The number of halogens is 1. The summed E-state index contributed by atoms with van der Waals surface area (Å²) in [5.74, 6) is 1.67. The molecule has 0 radical (unpaired) electrons. The van der Waals surface area contributed by atoms with Crippen LogP contribution >= 0.6 is 15.9 Å². The van der Waals surface area contributed by atoms with Crippen LogP contribution in [0.15, 0.2) is 10.8 Å². The number of anilines is 2. The van der Waals surface area contributed by atoms with E-state index in [-0.39, 0.29) is 0 Å². The molecule has 1 atom stereocenters. The summed E-state index contributed by atoms with van der Waals surface area (Å²) in [7, 11) is 1.86. The maximum atomic E-state index is 4.26. The topological polar surface area (TPSA) is 53.1 Å². The van der Waals surface area contributed by atoms with Crippen molar-refractivity contribution in [3.05, 3.63) is 10.8 Å². The summed E-state index contributed by atoms with van der Waals surface area (Å²) in [6, 6.07) is 0.741. The molecule has 1 aromatic rings. The molecule has 0 bridgehead atoms. The molecular formula is C14H24BrN5. The van der Waals surface area contributed by atoms with Gasteiger partial charge in [-0.3, -0.25) is 0 Å². The van der Waals surface area contributed by atoms with E-state index >= 15 is 0 Å². The Morgan fingerprint density at radius 1 is 1.35 bits per heavy atom. The van der Waals surface area contributed by atoms with Crippen LogP contribution in [0.5, 0.6) is 0 Å². The Hall–Kier alpha value is -0.880. The van der Waals surface area contributed by atoms with Gasteiger partial charge in [0, 0.05) is 26.2 Å². The van der Waals surface area contributed by atoms with Gasteiger partial charge in [0.2, 0.25) is 0 Å². The summed E-state index contributed by atoms with van der Waals surface area (Å²) in [5, 5.41) is 6.41. The summed E-state index contributed by atoms with van der Waals surface area (Å²) >= 11 is 3.52. The van der Waals surface area contributed by atoms with Gasteiger partial charge in [0.05, 0.1) is 0 Å². The van der Waals surface area contributed by atoms with Crippen molar-refractivity contribution in [2.75, 3.05) is 37.3 Å². The van der Waals surface area contributed by atoms with Crippen LogP contribution in [0.2, 0.25) is 0 Å². The van der Waals surface area contributed by atoms with E-state index in [1.165, 1.54) is 25.8 Å². The maximum absolute atomic E-state index is 4.26. The summed E-state index contributed by atoms with van der Waals surface area (Å²) in [5.41, 5.74) is 0. The van der Waals surface area contributed by atoms with Gasteiger partial charge < -0.3 is 15.5 Å². The first kappa shape index (κ1) is 15.5. The molecule has 2 rings (SSSR count). The van der Waals surface area contributed by atoms with Crippen LogP contribution in [0.25, 0.3) is 0 Å². The lowest BCUT2D eigenvalue weighted by Crippen LogP contribution is -2.38. The van der Waals surface area contributed by atoms with E-state index in [4.69, 9.17) is 0 Å². The van der Waals surface area contributed by atoms with Crippen molar-refractivity contribution in [1.82, 2.24) is 14.9 Å². The third kappa shape index (κ3) is 4.06. The molecule has 1 aliphatic heterocycles. The predicted molar refractivity (Wildman–Crippen MR) is 87.3 cm³/mol. The van der Waals surface area contributed by atoms with Crippen molar-refractivity contribution in [1.29, 1.82) is 0 Å². The second kappa shape index (κ2) is 7.78. The highest BCUT2D eigenvalue weighted by Gasteiger charge is 2.17. The lowest BCUT2D eigenvalue weighted by atomic mass is 10.0. The zero-order valence-electron chi connectivity index (χ0n) is 12.3. The zero-order chi connectivity index (χ0) is 14.4. The average molecular weight is 342 g/mol. The van der Waals surface area contributed by atoms with E-state index in [0.717, 1.165) is 41.7 Å². The Morgan fingerprint density at radius 3 is 2.90 bits per heavy atom. The Morgan fingerprint density at radius 2 is 2.15 bits per heavy atom. The third-order valence-electron chi connectivity index (χ3n) is 3.88. The first-order chi connectivity index (χ1) is 9.72. The van der Waals surface area contributed by atoms with Crippen LogP contribution in [0, 0.1) is 0 Å². The molecule has 1 unspecified atom stereocenters. The second-order valence-corrected chi connectivity index (χ2v) is 6.09. The monoisotopic (exact) mass is 341 g/mol. The Bertz CT molecular complexity index is 426. The van der Waals surface area contributed by atoms with E-state index < -0.39 is 0 Å². The second-order valence-electron chi connectivity index (χ2n) is 5.30. The predicted octanol–water partition coefficient (Wildman–Crippen LogP) is 2.96. The molecule has 0 aliphatic carbocycles. The third-order valence-corrected chi connectivity index (χ3v) is 4.63. The average Bonchev–Trinajstić information content (AvgIpc) is 2.47. The standard InChI is InChI=1S/C14H24BrN5/c1-11-6-3-4-8-20(11)9-5-7-17-14-12(15)13(16-2)18-10-19-14/h10-11H,3-9H2,1-2H3,(H2,16,17,18,19). The number of nitrogens with zero attached hydrogens (tertiary/aromatic N) is 3. The molecule has 1 saturated heterocycles. The molecule has 0 saturated carbocycles. The van der Waals surface area contributed by atoms with Crippen LogP contribution in [0.1, 0.15) is 32.6 Å². The van der Waals surface area contributed by atoms with E-state index in [2.05, 4.69) is 48.4 Å². The van der Waals surface area contributed by atoms with Gasteiger partial charge in [-0.05, 0) is 48.7 Å². The van der Waals surface area contributed by atoms with E-state index in [0.29, 0.717) is 0 Å². The summed E-state index contributed by atoms with van der Waals surface area (Å²) < 4.78 is 0.897. The normalized spacial score (nSPS) is 19.9. The van der Waals surface area contributed by atoms with Gasteiger partial charge in [-0.25, -0.2) is 9.97 Å². The highest BCUT2D eigenvalue weighted by atomic mass is 79.9. The van der Waals surface area contributed by atoms with Crippen LogP contribution in [0.4, 0.5) is 11.6 Å². The SMILES string of the molecule is CNc1ncnc(NCCCN2CCCCC2C)c1Br. The maximum Gasteiger partial charge on any atom is 0.145 e. The molecule has 0 aromatic carbocycles. The number of aromatic nitrogens is 2. The molecule has 1 aromatic heterocycles. The van der Waals surface area contributed by atoms with Crippen molar-refractivity contribution < 1.29 is 0 Å². The van der Waals surface area contributed by atoms with Crippen molar-refractivity contribution in [3.8, 4) is 0 Å². The van der Waals surface area contributed by atoms with Crippen LogP contribution in [-0.4, -0.2) is 47.6 Å². The fourth-order valence-electron chi connectivity index (χ4n) is 2.65. The first-order valence-electron chi connectivity index (χ1n) is 7.38. The van der Waals surface area contributed by atoms with Gasteiger partial charge in [0.1, 0.15) is 22.4 Å². The molecule has 20 heavy (non-hydrogen) atoms. The minimum Gasteiger partial charge on any atom is -0.372 e. The van der Waals surface area contributed by atoms with Crippen molar-refractivity contribution in [3.63, 3.8) is 0 Å². The number of nitrogens with one attached hydrogen (secondary N) is 2. The lowest BCUT2D eigenvalue weighted by Gasteiger charge is -2.33. The number of hydrogen-bond acceptors (Lipinski definition) is 5. The van der Waals surface area contributed by atoms with Gasteiger partial charge in [-0.2, -0.15) is 0 Å². The molecule has 0 amide bonds. The van der Waals surface area contributed by atoms with Crippen molar-refractivity contribution >= 4 is 27.6 Å². The Labute approximate surface area is 129 Å². The molecule has 2 N–H and O–H groups in total. The summed E-state index contributed by atoms with van der Waals surface area (Å²) in [6.45, 7) is 5.69. The fourth-order valence-corrected chi connectivity index (χ4v) is 3.19. The highest BCUT2D eigenvalue weighted by molar-refractivity contribution is 9.10. The Kier molecular flexibility index (Phi) is 6.04.